The highest BCUT2D eigenvalue weighted by molar-refractivity contribution is 7.33. The minimum Gasteiger partial charge on any atom is -0.386 e. The topological polar surface area (TPSA) is 158 Å². The third kappa shape index (κ3) is 50.5. The molecule has 4 fully saturated rings. The summed E-state index contributed by atoms with van der Waals surface area (Å²) in [5, 5.41) is 19.2. The molecule has 10 nitrogen and oxygen atoms in total. The van der Waals surface area contributed by atoms with Crippen LogP contribution in [0.3, 0.4) is 0 Å². The normalized spacial score (nSPS) is 20.7. The molecule has 0 aromatic carbocycles. The van der Waals surface area contributed by atoms with Gasteiger partial charge in [0.2, 0.25) is 0 Å². The number of hydrogen-bond donors (Lipinski definition) is 4. The van der Waals surface area contributed by atoms with Crippen LogP contribution in [-0.4, -0.2) is 72.9 Å². The van der Waals surface area contributed by atoms with E-state index in [2.05, 4.69) is 11.5 Å². The number of unbranched alkanes of at least 4 members (excludes halogenated alkanes) is 2. The van der Waals surface area contributed by atoms with Crippen molar-refractivity contribution in [2.75, 3.05) is 26.5 Å². The average Bonchev–Trinajstić information content (AvgIpc) is 3.59. The molecular formula is C29H85N2O8P3. The summed E-state index contributed by atoms with van der Waals surface area (Å²) in [6, 6.07) is 0. The molecule has 1 aliphatic carbocycles. The summed E-state index contributed by atoms with van der Waals surface area (Å²) >= 11 is 0. The monoisotopic (exact) mass is 683 g/mol. The number of epoxide rings is 3. The summed E-state index contributed by atoms with van der Waals surface area (Å²) < 4.78 is 30.6. The fraction of sp³-hybridized carbons (Fsp3) is 1.00. The molecule has 42 heavy (non-hydrogen) atoms. The van der Waals surface area contributed by atoms with E-state index in [4.69, 9.17) is 27.8 Å². The van der Waals surface area contributed by atoms with E-state index in [0.717, 1.165) is 58.3 Å². The van der Waals surface area contributed by atoms with Crippen molar-refractivity contribution in [3.63, 3.8) is 0 Å². The van der Waals surface area contributed by atoms with Crippen LogP contribution in [-0.2, 0) is 27.8 Å². The zero-order chi connectivity index (χ0) is 21.6. The van der Waals surface area contributed by atoms with E-state index in [1.165, 1.54) is 0 Å². The van der Waals surface area contributed by atoms with Crippen LogP contribution in [0.25, 0.3) is 0 Å². The first-order valence-corrected chi connectivity index (χ1v) is 13.4. The van der Waals surface area contributed by atoms with Crippen molar-refractivity contribution in [3.05, 3.63) is 0 Å². The molecular weight excluding hydrogens is 597 g/mol. The highest BCUT2D eigenvalue weighted by Gasteiger charge is 2.29. The van der Waals surface area contributed by atoms with Crippen molar-refractivity contribution in [2.24, 2.45) is 11.5 Å². The molecule has 0 amide bonds. The van der Waals surface area contributed by atoms with E-state index < -0.39 is 6.29 Å². The van der Waals surface area contributed by atoms with E-state index in [1.54, 1.807) is 0 Å². The van der Waals surface area contributed by atoms with Crippen LogP contribution >= 0.6 is 26.4 Å². The molecule has 3 aliphatic heterocycles. The lowest BCUT2D eigenvalue weighted by atomic mass is 10.1. The van der Waals surface area contributed by atoms with Crippen LogP contribution < -0.4 is 11.5 Å². The Bertz CT molecular complexity index is 402. The lowest BCUT2D eigenvalue weighted by molar-refractivity contribution is -0.0140. The zero-order valence-corrected chi connectivity index (χ0v) is 20.2. The van der Waals surface area contributed by atoms with Gasteiger partial charge in [0.05, 0.1) is 42.8 Å². The largest absolute Gasteiger partial charge is 0.386 e. The van der Waals surface area contributed by atoms with Gasteiger partial charge in [0.25, 0.3) is 0 Å². The van der Waals surface area contributed by atoms with Gasteiger partial charge in [-0.15, -0.1) is 0 Å². The maximum atomic E-state index is 9.69. The standard InChI is InChI=1S/C12H24O5P2.C4H7O3P.CH6N2.12CH4/c13-10(17-19-12-8-15-12)4-2-1-3-5-11(14)18-16-9-6-7-9;1-3(5-1)7-8-4-2-6-4;2-1-3;;;;;;;;;;;;/h9-14,18-19H,1-8H2;3-4,8H,1-2H2;1-3H2;12*1H4. The molecule has 0 bridgehead atoms. The quantitative estimate of drug-likeness (QED) is 0.0568. The van der Waals surface area contributed by atoms with E-state index >= 15 is 0 Å². The number of rotatable bonds is 15. The zero-order valence-electron chi connectivity index (χ0n) is 17.2. The molecule has 13 heteroatoms. The van der Waals surface area contributed by atoms with Crippen LogP contribution in [0.4, 0.5) is 0 Å². The van der Waals surface area contributed by atoms with Crippen LogP contribution in [0, 0.1) is 0 Å². The summed E-state index contributed by atoms with van der Waals surface area (Å²) in [6.45, 7) is 2.68. The van der Waals surface area contributed by atoms with Crippen LogP contribution in [0.1, 0.15) is 134 Å². The minimum absolute atomic E-state index is 0. The Balaban J connectivity index is -0.0000000408. The SMILES string of the molecule is C.C.C.C.C.C.C.C.C.C.C.C.C1OC1OPC1CO1.NCN.OC(CCCCCC(O)POC1CC1)OPC1CO1. The molecule has 0 aromatic rings. The van der Waals surface area contributed by atoms with Crippen molar-refractivity contribution in [2.45, 2.75) is 170 Å². The molecule has 0 aromatic heterocycles. The molecule has 8 atom stereocenters. The summed E-state index contributed by atoms with van der Waals surface area (Å²) in [7, 11) is 0.988. The number of hydrogen-bond acceptors (Lipinski definition) is 10. The third-order valence-electron chi connectivity index (χ3n) is 3.96. The first-order valence-electron chi connectivity index (χ1n) is 10.4. The Labute approximate surface area is 272 Å². The summed E-state index contributed by atoms with van der Waals surface area (Å²) in [6.07, 6.45) is 6.56. The van der Waals surface area contributed by atoms with Crippen molar-refractivity contribution < 1.29 is 38.0 Å². The first kappa shape index (κ1) is 74.0. The maximum absolute atomic E-state index is 9.69. The van der Waals surface area contributed by atoms with Crippen LogP contribution in [0.2, 0.25) is 0 Å². The van der Waals surface area contributed by atoms with Gasteiger partial charge >= 0.3 is 0 Å². The fourth-order valence-electron chi connectivity index (χ4n) is 1.96. The van der Waals surface area contributed by atoms with E-state index in [1.807, 2.05) is 0 Å². The molecule has 274 valence electrons. The highest BCUT2D eigenvalue weighted by atomic mass is 31.1. The van der Waals surface area contributed by atoms with Crippen LogP contribution in [0.15, 0.2) is 0 Å². The first-order chi connectivity index (χ1) is 14.6. The Morgan fingerprint density at radius 2 is 1.07 bits per heavy atom. The smallest absolute Gasteiger partial charge is 0.184 e. The number of nitrogens with two attached hydrogens (primary N) is 2. The van der Waals surface area contributed by atoms with Crippen molar-refractivity contribution in [1.82, 2.24) is 0 Å². The Kier molecular flexibility index (Phi) is 81.6. The lowest BCUT2D eigenvalue weighted by Crippen LogP contribution is -2.08. The maximum Gasteiger partial charge on any atom is 0.184 e. The lowest BCUT2D eigenvalue weighted by Gasteiger charge is -2.12. The predicted octanol–water partition coefficient (Wildman–Crippen LogP) is 9.12. The molecule has 3 heterocycles. The van der Waals surface area contributed by atoms with E-state index in [9.17, 15) is 10.2 Å². The van der Waals surface area contributed by atoms with Crippen LogP contribution in [0.5, 0.6) is 0 Å². The van der Waals surface area contributed by atoms with Crippen molar-refractivity contribution in [1.29, 1.82) is 0 Å². The van der Waals surface area contributed by atoms with Gasteiger partial charge in [0.1, 0.15) is 18.3 Å². The second-order valence-electron chi connectivity index (χ2n) is 7.16. The molecule has 1 saturated carbocycles. The fourth-order valence-corrected chi connectivity index (χ4v) is 4.20. The number of ether oxygens (including phenoxy) is 3. The summed E-state index contributed by atoms with van der Waals surface area (Å²) in [5.41, 5.74) is 9.25. The van der Waals surface area contributed by atoms with Gasteiger partial charge < -0.3 is 49.5 Å². The van der Waals surface area contributed by atoms with Gasteiger partial charge in [-0.2, -0.15) is 0 Å². The van der Waals surface area contributed by atoms with Gasteiger partial charge in [0.15, 0.2) is 12.6 Å². The minimum atomic E-state index is -0.660. The molecule has 0 spiro atoms. The number of aliphatic hydroxyl groups excluding tert-OH is 2. The summed E-state index contributed by atoms with van der Waals surface area (Å²) in [5.74, 6) is 0.326. The Morgan fingerprint density at radius 3 is 1.48 bits per heavy atom. The Morgan fingerprint density at radius 1 is 0.643 bits per heavy atom. The van der Waals surface area contributed by atoms with Gasteiger partial charge in [0, 0.05) is 15.5 Å². The van der Waals surface area contributed by atoms with Gasteiger partial charge in [-0.25, -0.2) is 0 Å². The summed E-state index contributed by atoms with van der Waals surface area (Å²) in [4.78, 5) is 0. The second-order valence-corrected chi connectivity index (χ2v) is 10.5. The molecule has 8 unspecified atom stereocenters. The number of aliphatic hydroxyl groups is 2. The molecule has 0 radical (unpaired) electrons. The van der Waals surface area contributed by atoms with Gasteiger partial charge in [-0.3, -0.25) is 0 Å². The molecule has 4 aliphatic rings. The van der Waals surface area contributed by atoms with E-state index in [-0.39, 0.29) is 131 Å². The molecule has 4 rings (SSSR count). The van der Waals surface area contributed by atoms with Gasteiger partial charge in [-0.1, -0.05) is 102 Å². The van der Waals surface area contributed by atoms with Gasteiger partial charge in [-0.05, 0) is 32.1 Å². The average molecular weight is 683 g/mol. The van der Waals surface area contributed by atoms with Crippen molar-refractivity contribution >= 4 is 26.4 Å². The molecule has 3 saturated heterocycles. The highest BCUT2D eigenvalue weighted by Crippen LogP contribution is 2.36. The second kappa shape index (κ2) is 46.3. The van der Waals surface area contributed by atoms with Crippen molar-refractivity contribution in [3.8, 4) is 0 Å². The third-order valence-corrected chi connectivity index (χ3v) is 6.99. The Hall–Kier alpha value is 0.890. The van der Waals surface area contributed by atoms with E-state index in [0.29, 0.717) is 27.2 Å². The predicted molar refractivity (Wildman–Crippen MR) is 200 cm³/mol. The molecule has 6 N–H and O–H groups in total.